The maximum Gasteiger partial charge on any atom is 0.431 e. The summed E-state index contributed by atoms with van der Waals surface area (Å²) in [6.45, 7) is 3.22. The molecule has 0 spiro atoms. The Morgan fingerprint density at radius 3 is 1.55 bits per heavy atom. The van der Waals surface area contributed by atoms with Crippen LogP contribution in [0.2, 0.25) is 0 Å². The van der Waals surface area contributed by atoms with Gasteiger partial charge in [0, 0.05) is 13.8 Å². The molecule has 0 amide bonds. The molecule has 0 aliphatic rings. The SMILES string of the molecule is CC(=O)OP(C)(=O)OC(C)=O. The van der Waals surface area contributed by atoms with Gasteiger partial charge in [0.25, 0.3) is 0 Å². The highest BCUT2D eigenvalue weighted by Gasteiger charge is 2.22. The van der Waals surface area contributed by atoms with Crippen molar-refractivity contribution < 1.29 is 23.2 Å². The van der Waals surface area contributed by atoms with Crippen molar-refractivity contribution in [2.75, 3.05) is 6.66 Å². The number of hydrogen-bond acceptors (Lipinski definition) is 5. The molecule has 0 aliphatic carbocycles. The first-order valence-electron chi connectivity index (χ1n) is 2.81. The van der Waals surface area contributed by atoms with E-state index in [0.717, 1.165) is 20.5 Å². The monoisotopic (exact) mass is 180 g/mol. The normalized spacial score (nSPS) is 10.5. The predicted octanol–water partition coefficient (Wildman–Crippen LogP) is 0.935. The Bertz CT molecular complexity index is 201. The lowest BCUT2D eigenvalue weighted by molar-refractivity contribution is -0.135. The van der Waals surface area contributed by atoms with Crippen molar-refractivity contribution in [1.82, 2.24) is 0 Å². The molecule has 0 unspecified atom stereocenters. The summed E-state index contributed by atoms with van der Waals surface area (Å²) in [5.74, 6) is -1.48. The van der Waals surface area contributed by atoms with Crippen LogP contribution in [0, 0.1) is 0 Å². The van der Waals surface area contributed by atoms with Crippen molar-refractivity contribution in [2.24, 2.45) is 0 Å². The molecular weight excluding hydrogens is 171 g/mol. The Balaban J connectivity index is 4.12. The fraction of sp³-hybridized carbons (Fsp3) is 0.600. The molecule has 0 aliphatic heterocycles. The van der Waals surface area contributed by atoms with Gasteiger partial charge in [0.05, 0.1) is 6.66 Å². The molecule has 0 N–H and O–H groups in total. The predicted molar refractivity (Wildman–Crippen MR) is 37.1 cm³/mol. The van der Waals surface area contributed by atoms with Crippen molar-refractivity contribution in [3.63, 3.8) is 0 Å². The highest BCUT2D eigenvalue weighted by Crippen LogP contribution is 2.43. The fourth-order valence-corrected chi connectivity index (χ4v) is 1.46. The lowest BCUT2D eigenvalue weighted by Crippen LogP contribution is -2.02. The zero-order valence-electron chi connectivity index (χ0n) is 6.49. The zero-order chi connectivity index (χ0) is 9.07. The average molecular weight is 180 g/mol. The molecule has 0 fully saturated rings. The molecule has 64 valence electrons. The van der Waals surface area contributed by atoms with Crippen LogP contribution < -0.4 is 0 Å². The van der Waals surface area contributed by atoms with Crippen LogP contribution in [0.15, 0.2) is 0 Å². The number of carbonyl (C=O) groups excluding carboxylic acids is 2. The molecule has 0 radical (unpaired) electrons. The molecule has 0 saturated carbocycles. The topological polar surface area (TPSA) is 69.7 Å². The first-order valence-corrected chi connectivity index (χ1v) is 4.80. The zero-order valence-corrected chi connectivity index (χ0v) is 7.38. The molecule has 0 atom stereocenters. The molecule has 0 aromatic carbocycles. The number of hydrogen-bond donors (Lipinski definition) is 0. The molecule has 11 heavy (non-hydrogen) atoms. The number of rotatable bonds is 2. The lowest BCUT2D eigenvalue weighted by atomic mass is 10.9. The molecule has 6 heteroatoms. The van der Waals surface area contributed by atoms with Crippen molar-refractivity contribution in [3.05, 3.63) is 0 Å². The maximum atomic E-state index is 10.9. The van der Waals surface area contributed by atoms with Crippen LogP contribution in [0.4, 0.5) is 0 Å². The summed E-state index contributed by atoms with van der Waals surface area (Å²) in [4.78, 5) is 20.5. The lowest BCUT2D eigenvalue weighted by Gasteiger charge is -2.10. The van der Waals surface area contributed by atoms with Gasteiger partial charge in [-0.1, -0.05) is 0 Å². The number of carbonyl (C=O) groups is 2. The molecule has 0 heterocycles. The van der Waals surface area contributed by atoms with Crippen molar-refractivity contribution >= 4 is 19.5 Å². The van der Waals surface area contributed by atoms with Crippen LogP contribution in [-0.4, -0.2) is 18.6 Å². The van der Waals surface area contributed by atoms with Crippen molar-refractivity contribution in [2.45, 2.75) is 13.8 Å². The third kappa shape index (κ3) is 5.61. The van der Waals surface area contributed by atoms with E-state index in [-0.39, 0.29) is 0 Å². The molecule has 0 rings (SSSR count). The molecule has 0 saturated heterocycles. The Hall–Kier alpha value is -0.830. The van der Waals surface area contributed by atoms with Crippen LogP contribution in [0.3, 0.4) is 0 Å². The Morgan fingerprint density at radius 2 is 1.36 bits per heavy atom. The molecule has 5 nitrogen and oxygen atoms in total. The van der Waals surface area contributed by atoms with E-state index in [0.29, 0.717) is 0 Å². The minimum Gasteiger partial charge on any atom is -0.383 e. The minimum absolute atomic E-state index is 0.739. The average Bonchev–Trinajstić information content (AvgIpc) is 1.53. The smallest absolute Gasteiger partial charge is 0.383 e. The fourth-order valence-electron chi connectivity index (χ4n) is 0.486. The highest BCUT2D eigenvalue weighted by molar-refractivity contribution is 7.54. The third-order valence-corrected chi connectivity index (χ3v) is 1.77. The summed E-state index contributed by atoms with van der Waals surface area (Å²) in [5, 5.41) is 0. The van der Waals surface area contributed by atoms with E-state index in [1.54, 1.807) is 0 Å². The van der Waals surface area contributed by atoms with Gasteiger partial charge in [-0.2, -0.15) is 0 Å². The van der Waals surface area contributed by atoms with Crippen LogP contribution in [0.25, 0.3) is 0 Å². The molecule has 0 aromatic rings. The van der Waals surface area contributed by atoms with Crippen LogP contribution in [-0.2, 0) is 23.2 Å². The summed E-state index contributed by atoms with van der Waals surface area (Å²) in [5.41, 5.74) is 0. The van der Waals surface area contributed by atoms with Crippen LogP contribution >= 0.6 is 7.60 Å². The molecule has 0 aromatic heterocycles. The van der Waals surface area contributed by atoms with E-state index < -0.39 is 19.5 Å². The van der Waals surface area contributed by atoms with E-state index in [4.69, 9.17) is 0 Å². The van der Waals surface area contributed by atoms with Crippen molar-refractivity contribution in [3.8, 4) is 0 Å². The Morgan fingerprint density at radius 1 is 1.09 bits per heavy atom. The van der Waals surface area contributed by atoms with Gasteiger partial charge in [-0.3, -0.25) is 9.59 Å². The van der Waals surface area contributed by atoms with E-state index in [1.807, 2.05) is 0 Å². The first kappa shape index (κ1) is 10.2. The van der Waals surface area contributed by atoms with Crippen molar-refractivity contribution in [1.29, 1.82) is 0 Å². The largest absolute Gasteiger partial charge is 0.431 e. The molecular formula is C5H9O5P. The van der Waals surface area contributed by atoms with E-state index in [2.05, 4.69) is 9.05 Å². The molecule has 0 bridgehead atoms. The minimum atomic E-state index is -3.50. The van der Waals surface area contributed by atoms with Gasteiger partial charge in [-0.05, 0) is 0 Å². The quantitative estimate of drug-likeness (QED) is 0.591. The van der Waals surface area contributed by atoms with Crippen LogP contribution in [0.5, 0.6) is 0 Å². The standard InChI is InChI=1S/C5H9O5P/c1-4(6)9-11(3,8)10-5(2)7/h1-3H3. The van der Waals surface area contributed by atoms with Gasteiger partial charge in [0.1, 0.15) is 0 Å². The van der Waals surface area contributed by atoms with Gasteiger partial charge >= 0.3 is 19.5 Å². The van der Waals surface area contributed by atoms with E-state index in [9.17, 15) is 14.2 Å². The van der Waals surface area contributed by atoms with E-state index >= 15 is 0 Å². The maximum absolute atomic E-state index is 10.9. The summed E-state index contributed by atoms with van der Waals surface area (Å²) in [7, 11) is -3.50. The van der Waals surface area contributed by atoms with Crippen LogP contribution in [0.1, 0.15) is 13.8 Å². The van der Waals surface area contributed by atoms with Gasteiger partial charge in [0.15, 0.2) is 0 Å². The van der Waals surface area contributed by atoms with Gasteiger partial charge < -0.3 is 9.05 Å². The summed E-state index contributed by atoms with van der Waals surface area (Å²) in [6, 6.07) is 0. The summed E-state index contributed by atoms with van der Waals surface area (Å²) < 4.78 is 19.4. The third-order valence-electron chi connectivity index (χ3n) is 0.589. The highest BCUT2D eigenvalue weighted by atomic mass is 31.2. The van der Waals surface area contributed by atoms with Gasteiger partial charge in [-0.15, -0.1) is 0 Å². The second-order valence-electron chi connectivity index (χ2n) is 1.94. The van der Waals surface area contributed by atoms with Gasteiger partial charge in [-0.25, -0.2) is 4.57 Å². The first-order chi connectivity index (χ1) is 4.83. The van der Waals surface area contributed by atoms with Gasteiger partial charge in [0.2, 0.25) is 0 Å². The summed E-state index contributed by atoms with van der Waals surface area (Å²) in [6.07, 6.45) is 0. The second-order valence-corrected chi connectivity index (χ2v) is 3.84. The Kier molecular flexibility index (Phi) is 3.26. The second kappa shape index (κ2) is 3.53. The summed E-state index contributed by atoms with van der Waals surface area (Å²) >= 11 is 0. The Labute approximate surface area is 64.2 Å². The van der Waals surface area contributed by atoms with E-state index in [1.165, 1.54) is 0 Å².